The fourth-order valence-electron chi connectivity index (χ4n) is 3.60. The highest BCUT2D eigenvalue weighted by molar-refractivity contribution is 6.00. The number of rotatable bonds is 5. The van der Waals surface area contributed by atoms with Gasteiger partial charge in [-0.15, -0.1) is 0 Å². The van der Waals surface area contributed by atoms with E-state index in [1.165, 1.54) is 12.1 Å². The van der Waals surface area contributed by atoms with Gasteiger partial charge in [0.05, 0.1) is 11.7 Å². The molecule has 3 aromatic rings. The first-order valence-electron chi connectivity index (χ1n) is 8.90. The molecule has 0 saturated heterocycles. The second-order valence-corrected chi connectivity index (χ2v) is 6.54. The first-order chi connectivity index (χ1) is 12.7. The van der Waals surface area contributed by atoms with Crippen molar-refractivity contribution in [2.45, 2.75) is 25.8 Å². The van der Waals surface area contributed by atoms with Gasteiger partial charge < -0.3 is 4.90 Å². The summed E-state index contributed by atoms with van der Waals surface area (Å²) < 4.78 is 13.9. The summed E-state index contributed by atoms with van der Waals surface area (Å²) in [5.41, 5.74) is 3.81. The summed E-state index contributed by atoms with van der Waals surface area (Å²) in [6, 6.07) is 15.9. The lowest BCUT2D eigenvalue weighted by Crippen LogP contribution is -2.30. The predicted octanol–water partition coefficient (Wildman–Crippen LogP) is 4.56. The summed E-state index contributed by atoms with van der Waals surface area (Å²) in [6.07, 6.45) is 1.88. The van der Waals surface area contributed by atoms with Gasteiger partial charge in [0, 0.05) is 17.7 Å². The summed E-state index contributed by atoms with van der Waals surface area (Å²) >= 11 is 0. The number of amides is 1. The molecular weight excluding hydrogens is 329 g/mol. The van der Waals surface area contributed by atoms with Crippen LogP contribution in [-0.2, 0) is 0 Å². The van der Waals surface area contributed by atoms with Gasteiger partial charge >= 0.3 is 0 Å². The molecule has 1 atom stereocenters. The first kappa shape index (κ1) is 16.5. The van der Waals surface area contributed by atoms with Gasteiger partial charge in [-0.25, -0.2) is 4.39 Å². The number of nitrogens with one attached hydrogen (secondary N) is 1. The minimum atomic E-state index is -0.325. The lowest BCUT2D eigenvalue weighted by Gasteiger charge is -2.26. The lowest BCUT2D eigenvalue weighted by molar-refractivity contribution is 0.0741. The van der Waals surface area contributed by atoms with Crippen LogP contribution in [0.4, 0.5) is 4.39 Å². The molecule has 0 aliphatic carbocycles. The van der Waals surface area contributed by atoms with E-state index in [1.807, 2.05) is 41.3 Å². The molecule has 1 unspecified atom stereocenters. The number of hydrogen-bond donors (Lipinski definition) is 1. The molecule has 0 fully saturated rings. The molecule has 1 aliphatic heterocycles. The van der Waals surface area contributed by atoms with Crippen LogP contribution in [-0.4, -0.2) is 27.5 Å². The van der Waals surface area contributed by atoms with Gasteiger partial charge in [-0.05, 0) is 24.1 Å². The zero-order valence-corrected chi connectivity index (χ0v) is 14.6. The molecule has 4 rings (SSSR count). The zero-order chi connectivity index (χ0) is 18.1. The molecule has 2 heterocycles. The van der Waals surface area contributed by atoms with Crippen molar-refractivity contribution in [1.82, 2.24) is 15.1 Å². The number of aromatic nitrogens is 2. The fraction of sp³-hybridized carbons (Fsp3) is 0.238. The molecule has 1 N–H and O–H groups in total. The largest absolute Gasteiger partial charge is 0.326 e. The number of carbonyl (C=O) groups is 1. The van der Waals surface area contributed by atoms with E-state index >= 15 is 0 Å². The smallest absolute Gasteiger partial charge is 0.273 e. The molecule has 0 radical (unpaired) electrons. The summed E-state index contributed by atoms with van der Waals surface area (Å²) in [7, 11) is 0. The molecular formula is C21H20FN3O. The molecule has 0 saturated carbocycles. The first-order valence-corrected chi connectivity index (χ1v) is 8.90. The molecule has 1 aliphatic rings. The maximum Gasteiger partial charge on any atom is 0.273 e. The Morgan fingerprint density at radius 1 is 1.15 bits per heavy atom. The van der Waals surface area contributed by atoms with Gasteiger partial charge in [-0.1, -0.05) is 55.8 Å². The van der Waals surface area contributed by atoms with Crippen LogP contribution in [0.3, 0.4) is 0 Å². The Labute approximate surface area is 151 Å². The summed E-state index contributed by atoms with van der Waals surface area (Å²) in [6.45, 7) is 2.72. The lowest BCUT2D eigenvalue weighted by atomic mass is 9.96. The van der Waals surface area contributed by atoms with E-state index in [1.54, 1.807) is 6.07 Å². The summed E-state index contributed by atoms with van der Waals surface area (Å²) in [4.78, 5) is 14.8. The van der Waals surface area contributed by atoms with Crippen molar-refractivity contribution in [3.05, 3.63) is 77.2 Å². The third-order valence-corrected chi connectivity index (χ3v) is 4.83. The Morgan fingerprint density at radius 2 is 1.96 bits per heavy atom. The Kier molecular flexibility index (Phi) is 4.29. The van der Waals surface area contributed by atoms with Crippen LogP contribution in [0, 0.1) is 5.82 Å². The Hall–Kier alpha value is -2.95. The van der Waals surface area contributed by atoms with Crippen LogP contribution >= 0.6 is 0 Å². The van der Waals surface area contributed by atoms with Gasteiger partial charge in [0.15, 0.2) is 0 Å². The fourth-order valence-corrected chi connectivity index (χ4v) is 3.60. The number of unbranched alkanes of at least 4 members (excludes halogenated alkanes) is 1. The minimum Gasteiger partial charge on any atom is -0.326 e. The Bertz CT molecular complexity index is 935. The van der Waals surface area contributed by atoms with Crippen LogP contribution in [0.5, 0.6) is 0 Å². The highest BCUT2D eigenvalue weighted by atomic mass is 19.1. The zero-order valence-electron chi connectivity index (χ0n) is 14.6. The Balaban J connectivity index is 1.87. The van der Waals surface area contributed by atoms with Crippen molar-refractivity contribution in [2.24, 2.45) is 0 Å². The highest BCUT2D eigenvalue weighted by Gasteiger charge is 2.41. The number of benzene rings is 2. The van der Waals surface area contributed by atoms with Crippen LogP contribution < -0.4 is 0 Å². The number of hydrogen-bond acceptors (Lipinski definition) is 2. The molecule has 2 aromatic carbocycles. The standard InChI is InChI=1S/C21H20FN3O/c1-2-3-12-25-20(15-10-7-11-16(22)13-15)17-18(14-8-5-4-6-9-14)23-24-19(17)21(25)26/h4-11,13,20H,2-3,12H2,1H3,(H,23,24). The van der Waals surface area contributed by atoms with Crippen molar-refractivity contribution in [3.8, 4) is 11.3 Å². The molecule has 1 aromatic heterocycles. The molecule has 4 nitrogen and oxygen atoms in total. The van der Waals surface area contributed by atoms with Crippen molar-refractivity contribution in [2.75, 3.05) is 6.54 Å². The average Bonchev–Trinajstić information content (AvgIpc) is 3.20. The summed E-state index contributed by atoms with van der Waals surface area (Å²) in [5, 5.41) is 7.33. The maximum absolute atomic E-state index is 13.9. The minimum absolute atomic E-state index is 0.0719. The van der Waals surface area contributed by atoms with Crippen LogP contribution in [0.15, 0.2) is 54.6 Å². The number of halogens is 1. The van der Waals surface area contributed by atoms with Crippen LogP contribution in [0.2, 0.25) is 0 Å². The molecule has 26 heavy (non-hydrogen) atoms. The molecule has 132 valence electrons. The van der Waals surface area contributed by atoms with Crippen molar-refractivity contribution in [1.29, 1.82) is 0 Å². The molecule has 0 bridgehead atoms. The summed E-state index contributed by atoms with van der Waals surface area (Å²) in [5.74, 6) is -0.374. The van der Waals surface area contributed by atoms with Gasteiger partial charge in [0.25, 0.3) is 5.91 Å². The number of fused-ring (bicyclic) bond motifs is 1. The van der Waals surface area contributed by atoms with E-state index in [4.69, 9.17) is 0 Å². The second-order valence-electron chi connectivity index (χ2n) is 6.54. The molecule has 5 heteroatoms. The molecule has 0 spiro atoms. The SMILES string of the molecule is CCCCN1C(=O)c2[nH]nc(-c3ccccc3)c2C1c1cccc(F)c1. The van der Waals surface area contributed by atoms with Gasteiger partial charge in [-0.2, -0.15) is 5.10 Å². The van der Waals surface area contributed by atoms with Crippen molar-refractivity contribution < 1.29 is 9.18 Å². The van der Waals surface area contributed by atoms with Crippen LogP contribution in [0.1, 0.15) is 47.4 Å². The highest BCUT2D eigenvalue weighted by Crippen LogP contribution is 2.42. The number of H-pyrrole nitrogens is 1. The maximum atomic E-state index is 13.9. The number of carbonyl (C=O) groups excluding carboxylic acids is 1. The van der Waals surface area contributed by atoms with E-state index in [9.17, 15) is 9.18 Å². The van der Waals surface area contributed by atoms with Crippen molar-refractivity contribution >= 4 is 5.91 Å². The third-order valence-electron chi connectivity index (χ3n) is 4.83. The van der Waals surface area contributed by atoms with E-state index in [0.29, 0.717) is 12.2 Å². The van der Waals surface area contributed by atoms with Crippen LogP contribution in [0.25, 0.3) is 11.3 Å². The van der Waals surface area contributed by atoms with E-state index in [0.717, 1.165) is 35.2 Å². The quantitative estimate of drug-likeness (QED) is 0.734. The topological polar surface area (TPSA) is 49.0 Å². The third kappa shape index (κ3) is 2.69. The van der Waals surface area contributed by atoms with Crippen molar-refractivity contribution in [3.63, 3.8) is 0 Å². The number of aromatic amines is 1. The van der Waals surface area contributed by atoms with Gasteiger partial charge in [0.1, 0.15) is 11.5 Å². The van der Waals surface area contributed by atoms with Gasteiger partial charge in [-0.3, -0.25) is 9.89 Å². The van der Waals surface area contributed by atoms with E-state index < -0.39 is 0 Å². The molecule has 1 amide bonds. The average molecular weight is 349 g/mol. The predicted molar refractivity (Wildman–Crippen MR) is 98.2 cm³/mol. The normalized spacial score (nSPS) is 16.2. The monoisotopic (exact) mass is 349 g/mol. The van der Waals surface area contributed by atoms with E-state index in [2.05, 4.69) is 17.1 Å². The van der Waals surface area contributed by atoms with E-state index in [-0.39, 0.29) is 17.8 Å². The Morgan fingerprint density at radius 3 is 2.69 bits per heavy atom. The second kappa shape index (κ2) is 6.75. The van der Waals surface area contributed by atoms with Gasteiger partial charge in [0.2, 0.25) is 0 Å². The number of nitrogens with zero attached hydrogens (tertiary/aromatic N) is 2.